The van der Waals surface area contributed by atoms with Crippen LogP contribution in [0.25, 0.3) is 11.4 Å². The number of nitrogens with zero attached hydrogens (tertiary/aromatic N) is 3. The van der Waals surface area contributed by atoms with Gasteiger partial charge in [0.05, 0.1) is 13.7 Å². The molecule has 3 rings (SSSR count). The predicted octanol–water partition coefficient (Wildman–Crippen LogP) is 4.98. The van der Waals surface area contributed by atoms with E-state index in [0.29, 0.717) is 23.3 Å². The Bertz CT molecular complexity index is 848. The van der Waals surface area contributed by atoms with Crippen molar-refractivity contribution in [2.24, 2.45) is 0 Å². The summed E-state index contributed by atoms with van der Waals surface area (Å²) in [6.07, 6.45) is 0. The zero-order valence-electron chi connectivity index (χ0n) is 15.1. The Morgan fingerprint density at radius 2 is 1.96 bits per heavy atom. The first-order valence-corrected chi connectivity index (χ1v) is 8.95. The average molecular weight is 372 g/mol. The van der Waals surface area contributed by atoms with Crippen LogP contribution in [0.5, 0.6) is 5.75 Å². The van der Waals surface area contributed by atoms with E-state index in [4.69, 9.17) is 20.9 Å². The van der Waals surface area contributed by atoms with E-state index in [1.165, 1.54) is 5.56 Å². The van der Waals surface area contributed by atoms with Crippen molar-refractivity contribution in [3.63, 3.8) is 0 Å². The van der Waals surface area contributed by atoms with Gasteiger partial charge >= 0.3 is 0 Å². The molecule has 6 heteroatoms. The van der Waals surface area contributed by atoms with Crippen LogP contribution in [0.1, 0.15) is 31.3 Å². The van der Waals surface area contributed by atoms with Crippen LogP contribution in [-0.2, 0) is 6.54 Å². The molecule has 5 nitrogen and oxygen atoms in total. The quantitative estimate of drug-likeness (QED) is 0.586. The zero-order chi connectivity index (χ0) is 18.5. The SMILES string of the molecule is CCN(Cc1nc(-c2ccc(Cl)cc2)no1)C(C)c1cccc(OC)c1. The first-order valence-electron chi connectivity index (χ1n) is 8.57. The number of hydrogen-bond donors (Lipinski definition) is 0. The Balaban J connectivity index is 1.74. The number of halogens is 1. The molecule has 1 aromatic heterocycles. The van der Waals surface area contributed by atoms with E-state index >= 15 is 0 Å². The number of hydrogen-bond acceptors (Lipinski definition) is 5. The maximum absolute atomic E-state index is 5.93. The van der Waals surface area contributed by atoms with Gasteiger partial charge in [-0.3, -0.25) is 4.90 Å². The molecule has 1 unspecified atom stereocenters. The molecule has 2 aromatic carbocycles. The van der Waals surface area contributed by atoms with E-state index in [-0.39, 0.29) is 6.04 Å². The third-order valence-electron chi connectivity index (χ3n) is 4.44. The van der Waals surface area contributed by atoms with Crippen LogP contribution in [0.3, 0.4) is 0 Å². The van der Waals surface area contributed by atoms with Gasteiger partial charge in [-0.15, -0.1) is 0 Å². The van der Waals surface area contributed by atoms with Gasteiger partial charge in [-0.25, -0.2) is 0 Å². The molecule has 0 saturated heterocycles. The molecule has 1 heterocycles. The highest BCUT2D eigenvalue weighted by Crippen LogP contribution is 2.26. The Kier molecular flexibility index (Phi) is 5.91. The van der Waals surface area contributed by atoms with Crippen molar-refractivity contribution in [2.45, 2.75) is 26.4 Å². The van der Waals surface area contributed by atoms with E-state index in [0.717, 1.165) is 17.9 Å². The molecular weight excluding hydrogens is 350 g/mol. The number of methoxy groups -OCH3 is 1. The lowest BCUT2D eigenvalue weighted by Gasteiger charge is -2.26. The fourth-order valence-corrected chi connectivity index (χ4v) is 2.97. The Hall–Kier alpha value is -2.37. The highest BCUT2D eigenvalue weighted by molar-refractivity contribution is 6.30. The summed E-state index contributed by atoms with van der Waals surface area (Å²) < 4.78 is 10.8. The van der Waals surface area contributed by atoms with Gasteiger partial charge in [-0.1, -0.05) is 35.8 Å². The maximum Gasteiger partial charge on any atom is 0.241 e. The van der Waals surface area contributed by atoms with E-state index < -0.39 is 0 Å². The van der Waals surface area contributed by atoms with Crippen LogP contribution < -0.4 is 4.74 Å². The number of aromatic nitrogens is 2. The Morgan fingerprint density at radius 3 is 2.65 bits per heavy atom. The van der Waals surface area contributed by atoms with Crippen molar-refractivity contribution in [3.05, 3.63) is 65.0 Å². The molecule has 0 aliphatic rings. The summed E-state index contributed by atoms with van der Waals surface area (Å²) in [5.74, 6) is 2.02. The van der Waals surface area contributed by atoms with E-state index in [9.17, 15) is 0 Å². The minimum Gasteiger partial charge on any atom is -0.497 e. The lowest BCUT2D eigenvalue weighted by atomic mass is 10.1. The molecule has 0 radical (unpaired) electrons. The molecular formula is C20H22ClN3O2. The zero-order valence-corrected chi connectivity index (χ0v) is 15.9. The molecule has 0 amide bonds. The smallest absolute Gasteiger partial charge is 0.241 e. The van der Waals surface area contributed by atoms with Gasteiger partial charge in [0.1, 0.15) is 5.75 Å². The Morgan fingerprint density at radius 1 is 1.19 bits per heavy atom. The van der Waals surface area contributed by atoms with Crippen molar-refractivity contribution in [1.29, 1.82) is 0 Å². The van der Waals surface area contributed by atoms with Crippen molar-refractivity contribution in [3.8, 4) is 17.1 Å². The molecule has 136 valence electrons. The Labute approximate surface area is 158 Å². The largest absolute Gasteiger partial charge is 0.497 e. The van der Waals surface area contributed by atoms with Gasteiger partial charge in [0, 0.05) is 16.6 Å². The van der Waals surface area contributed by atoms with Gasteiger partial charge in [-0.2, -0.15) is 4.98 Å². The van der Waals surface area contributed by atoms with E-state index in [1.807, 2.05) is 36.4 Å². The number of benzene rings is 2. The molecule has 3 aromatic rings. The van der Waals surface area contributed by atoms with Crippen LogP contribution in [0.4, 0.5) is 0 Å². The summed E-state index contributed by atoms with van der Waals surface area (Å²) in [7, 11) is 1.68. The number of ether oxygens (including phenoxy) is 1. The highest BCUT2D eigenvalue weighted by Gasteiger charge is 2.18. The average Bonchev–Trinajstić information content (AvgIpc) is 3.14. The second-order valence-corrected chi connectivity index (χ2v) is 6.47. The third kappa shape index (κ3) is 4.23. The first-order chi connectivity index (χ1) is 12.6. The minimum atomic E-state index is 0.195. The molecule has 0 N–H and O–H groups in total. The summed E-state index contributed by atoms with van der Waals surface area (Å²) in [5, 5.41) is 4.77. The number of rotatable bonds is 7. The predicted molar refractivity (Wildman–Crippen MR) is 102 cm³/mol. The lowest BCUT2D eigenvalue weighted by molar-refractivity contribution is 0.184. The molecule has 0 spiro atoms. The first kappa shape index (κ1) is 18.4. The second-order valence-electron chi connectivity index (χ2n) is 6.03. The molecule has 0 bridgehead atoms. The third-order valence-corrected chi connectivity index (χ3v) is 4.69. The summed E-state index contributed by atoms with van der Waals surface area (Å²) in [6.45, 7) is 5.72. The standard InChI is InChI=1S/C20H22ClN3O2/c1-4-24(14(2)16-6-5-7-18(12-16)25-3)13-19-22-20(23-26-19)15-8-10-17(21)11-9-15/h5-12,14H,4,13H2,1-3H3. The van der Waals surface area contributed by atoms with Crippen LogP contribution in [0.2, 0.25) is 5.02 Å². The van der Waals surface area contributed by atoms with Crippen LogP contribution >= 0.6 is 11.6 Å². The van der Waals surface area contributed by atoms with Crippen molar-refractivity contribution in [1.82, 2.24) is 15.0 Å². The van der Waals surface area contributed by atoms with Crippen molar-refractivity contribution in [2.75, 3.05) is 13.7 Å². The van der Waals surface area contributed by atoms with Crippen molar-refractivity contribution >= 4 is 11.6 Å². The maximum atomic E-state index is 5.93. The van der Waals surface area contributed by atoms with Gasteiger partial charge < -0.3 is 9.26 Å². The molecule has 1 atom stereocenters. The molecule has 0 fully saturated rings. The van der Waals surface area contributed by atoms with E-state index in [1.54, 1.807) is 7.11 Å². The van der Waals surface area contributed by atoms with Crippen LogP contribution in [0.15, 0.2) is 53.1 Å². The molecule has 26 heavy (non-hydrogen) atoms. The summed E-state index contributed by atoms with van der Waals surface area (Å²) >= 11 is 5.93. The second kappa shape index (κ2) is 8.34. The fourth-order valence-electron chi connectivity index (χ4n) is 2.84. The van der Waals surface area contributed by atoms with Gasteiger partial charge in [-0.05, 0) is 55.4 Å². The lowest BCUT2D eigenvalue weighted by Crippen LogP contribution is -2.26. The van der Waals surface area contributed by atoms with Gasteiger partial charge in [0.25, 0.3) is 0 Å². The minimum absolute atomic E-state index is 0.195. The molecule has 0 saturated carbocycles. The van der Waals surface area contributed by atoms with Crippen molar-refractivity contribution < 1.29 is 9.26 Å². The summed E-state index contributed by atoms with van der Waals surface area (Å²) in [4.78, 5) is 6.79. The van der Waals surface area contributed by atoms with E-state index in [2.05, 4.69) is 41.0 Å². The van der Waals surface area contributed by atoms with Crippen LogP contribution in [0, 0.1) is 0 Å². The fraction of sp³-hybridized carbons (Fsp3) is 0.300. The summed E-state index contributed by atoms with van der Waals surface area (Å²) in [5.41, 5.74) is 2.07. The monoisotopic (exact) mass is 371 g/mol. The topological polar surface area (TPSA) is 51.4 Å². The van der Waals surface area contributed by atoms with Crippen LogP contribution in [-0.4, -0.2) is 28.7 Å². The molecule has 0 aliphatic carbocycles. The summed E-state index contributed by atoms with van der Waals surface area (Å²) in [6, 6.07) is 15.7. The molecule has 0 aliphatic heterocycles. The van der Waals surface area contributed by atoms with Gasteiger partial charge in [0.15, 0.2) is 0 Å². The van der Waals surface area contributed by atoms with Gasteiger partial charge in [0.2, 0.25) is 11.7 Å². The normalized spacial score (nSPS) is 12.3. The highest BCUT2D eigenvalue weighted by atomic mass is 35.5.